The third-order valence-electron chi connectivity index (χ3n) is 4.90. The van der Waals surface area contributed by atoms with Crippen LogP contribution in [0.25, 0.3) is 22.0 Å². The number of fused-ring (bicyclic) bond motifs is 1. The molecule has 9 heteroatoms. The molecule has 31 heavy (non-hydrogen) atoms. The van der Waals surface area contributed by atoms with Crippen molar-refractivity contribution in [1.82, 2.24) is 19.7 Å². The molecule has 2 aromatic heterocycles. The van der Waals surface area contributed by atoms with Gasteiger partial charge >= 0.3 is 0 Å². The van der Waals surface area contributed by atoms with Gasteiger partial charge in [-0.25, -0.2) is 4.98 Å². The van der Waals surface area contributed by atoms with Gasteiger partial charge in [-0.2, -0.15) is 0 Å². The minimum absolute atomic E-state index is 0.273. The molecule has 5 rings (SSSR count). The van der Waals surface area contributed by atoms with Crippen molar-refractivity contribution >= 4 is 23.1 Å². The van der Waals surface area contributed by atoms with Crippen LogP contribution in [0.2, 0.25) is 0 Å². The van der Waals surface area contributed by atoms with Crippen LogP contribution in [0, 0.1) is 0 Å². The first-order valence-electron chi connectivity index (χ1n) is 9.80. The zero-order valence-corrected chi connectivity index (χ0v) is 18.7. The van der Waals surface area contributed by atoms with Gasteiger partial charge < -0.3 is 18.8 Å². The van der Waals surface area contributed by atoms with Gasteiger partial charge in [0.25, 0.3) is 0 Å². The smallest absolute Gasteiger partial charge is 0.231 e. The maximum Gasteiger partial charge on any atom is 0.231 e. The Kier molecular flexibility index (Phi) is 5.52. The molecular weight excluding hydrogens is 432 g/mol. The number of hydrogen-bond acceptors (Lipinski definition) is 8. The fourth-order valence-corrected chi connectivity index (χ4v) is 5.13. The van der Waals surface area contributed by atoms with E-state index in [-0.39, 0.29) is 6.79 Å². The Morgan fingerprint density at radius 3 is 2.68 bits per heavy atom. The Labute approximate surface area is 188 Å². The van der Waals surface area contributed by atoms with E-state index in [0.29, 0.717) is 0 Å². The lowest BCUT2D eigenvalue weighted by Gasteiger charge is -2.07. The Balaban J connectivity index is 1.31. The maximum atomic E-state index is 5.48. The van der Waals surface area contributed by atoms with Gasteiger partial charge in [-0.15, -0.1) is 21.5 Å². The molecule has 0 radical (unpaired) electrons. The minimum atomic E-state index is 0.273. The molecule has 0 N–H and O–H groups in total. The molecule has 0 unspecified atom stereocenters. The second-order valence-electron chi connectivity index (χ2n) is 6.78. The minimum Gasteiger partial charge on any atom is -0.497 e. The van der Waals surface area contributed by atoms with Crippen LogP contribution in [0.15, 0.2) is 53.0 Å². The van der Waals surface area contributed by atoms with Crippen LogP contribution >= 0.6 is 23.1 Å². The standard InChI is InChI=1S/C22H20N4O3S2/c1-3-26-20(14-4-7-17(27-2)8-5-14)24-25-22(26)31-12-16-11-30-21(23-16)15-6-9-18-19(10-15)29-13-28-18/h4-11H,3,12-13H2,1-2H3. The summed E-state index contributed by atoms with van der Waals surface area (Å²) in [5, 5.41) is 12.8. The number of rotatable bonds is 7. The molecule has 0 fully saturated rings. The highest BCUT2D eigenvalue weighted by molar-refractivity contribution is 7.98. The second kappa shape index (κ2) is 8.60. The molecule has 0 spiro atoms. The van der Waals surface area contributed by atoms with Crippen molar-refractivity contribution in [2.45, 2.75) is 24.4 Å². The lowest BCUT2D eigenvalue weighted by Crippen LogP contribution is -2.00. The zero-order chi connectivity index (χ0) is 21.2. The molecular formula is C22H20N4O3S2. The molecule has 1 aliphatic heterocycles. The molecule has 4 aromatic rings. The SMILES string of the molecule is CCn1c(SCc2csc(-c3ccc4c(c3)OCO4)n2)nnc1-c1ccc(OC)cc1. The molecule has 3 heterocycles. The van der Waals surface area contributed by atoms with E-state index < -0.39 is 0 Å². The Morgan fingerprint density at radius 2 is 1.87 bits per heavy atom. The summed E-state index contributed by atoms with van der Waals surface area (Å²) >= 11 is 3.26. The summed E-state index contributed by atoms with van der Waals surface area (Å²) in [6, 6.07) is 13.8. The molecule has 0 saturated carbocycles. The fraction of sp³-hybridized carbons (Fsp3) is 0.227. The van der Waals surface area contributed by atoms with Crippen LogP contribution in [-0.4, -0.2) is 33.7 Å². The van der Waals surface area contributed by atoms with Crippen molar-refractivity contribution < 1.29 is 14.2 Å². The summed E-state index contributed by atoms with van der Waals surface area (Å²) < 4.78 is 18.2. The summed E-state index contributed by atoms with van der Waals surface area (Å²) in [7, 11) is 1.66. The van der Waals surface area contributed by atoms with Crippen molar-refractivity contribution in [3.05, 3.63) is 53.5 Å². The first kappa shape index (κ1) is 19.9. The van der Waals surface area contributed by atoms with Gasteiger partial charge in [0.2, 0.25) is 6.79 Å². The van der Waals surface area contributed by atoms with E-state index in [0.717, 1.165) is 62.4 Å². The van der Waals surface area contributed by atoms with Gasteiger partial charge in [0.05, 0.1) is 12.8 Å². The first-order chi connectivity index (χ1) is 15.2. The molecule has 0 atom stereocenters. The number of benzene rings is 2. The Morgan fingerprint density at radius 1 is 1.06 bits per heavy atom. The molecule has 0 saturated heterocycles. The van der Waals surface area contributed by atoms with Crippen molar-refractivity contribution in [2.75, 3.05) is 13.9 Å². The average Bonchev–Trinajstić information content (AvgIpc) is 3.56. The molecule has 1 aliphatic rings. The Bertz CT molecular complexity index is 1200. The third kappa shape index (κ3) is 3.98. The highest BCUT2D eigenvalue weighted by Gasteiger charge is 2.17. The van der Waals surface area contributed by atoms with Gasteiger partial charge in [0.15, 0.2) is 22.5 Å². The molecule has 2 aromatic carbocycles. The predicted octanol–water partition coefficient (Wildman–Crippen LogP) is 5.12. The van der Waals surface area contributed by atoms with Crippen LogP contribution in [0.3, 0.4) is 0 Å². The summed E-state index contributed by atoms with van der Waals surface area (Å²) in [4.78, 5) is 4.79. The summed E-state index contributed by atoms with van der Waals surface area (Å²) in [5.41, 5.74) is 3.06. The topological polar surface area (TPSA) is 71.3 Å². The summed E-state index contributed by atoms with van der Waals surface area (Å²) in [5.74, 6) is 3.95. The number of ether oxygens (including phenoxy) is 3. The number of methoxy groups -OCH3 is 1. The van der Waals surface area contributed by atoms with Crippen molar-refractivity contribution in [1.29, 1.82) is 0 Å². The number of aromatic nitrogens is 4. The lowest BCUT2D eigenvalue weighted by molar-refractivity contribution is 0.174. The van der Waals surface area contributed by atoms with Crippen LogP contribution < -0.4 is 14.2 Å². The van der Waals surface area contributed by atoms with E-state index >= 15 is 0 Å². The largest absolute Gasteiger partial charge is 0.497 e. The molecule has 0 aliphatic carbocycles. The number of thioether (sulfide) groups is 1. The normalized spacial score (nSPS) is 12.3. The monoisotopic (exact) mass is 452 g/mol. The highest BCUT2D eigenvalue weighted by atomic mass is 32.2. The van der Waals surface area contributed by atoms with Gasteiger partial charge in [-0.1, -0.05) is 11.8 Å². The Hall–Kier alpha value is -3.04. The summed E-state index contributed by atoms with van der Waals surface area (Å²) in [6.45, 7) is 3.16. The third-order valence-corrected chi connectivity index (χ3v) is 6.84. The van der Waals surface area contributed by atoms with Crippen molar-refractivity contribution in [3.8, 4) is 39.2 Å². The maximum absolute atomic E-state index is 5.48. The van der Waals surface area contributed by atoms with Crippen LogP contribution in [0.1, 0.15) is 12.6 Å². The van der Waals surface area contributed by atoms with E-state index in [1.807, 2.05) is 42.5 Å². The van der Waals surface area contributed by atoms with Gasteiger partial charge in [0, 0.05) is 28.8 Å². The fourth-order valence-electron chi connectivity index (χ4n) is 3.31. The van der Waals surface area contributed by atoms with Gasteiger partial charge in [-0.05, 0) is 49.4 Å². The highest BCUT2D eigenvalue weighted by Crippen LogP contribution is 2.37. The van der Waals surface area contributed by atoms with Crippen LogP contribution in [-0.2, 0) is 12.3 Å². The molecule has 0 bridgehead atoms. The van der Waals surface area contributed by atoms with Crippen molar-refractivity contribution in [3.63, 3.8) is 0 Å². The number of thiazole rings is 1. The van der Waals surface area contributed by atoms with E-state index in [9.17, 15) is 0 Å². The van der Waals surface area contributed by atoms with Gasteiger partial charge in [0.1, 0.15) is 10.8 Å². The van der Waals surface area contributed by atoms with Gasteiger partial charge in [-0.3, -0.25) is 0 Å². The number of hydrogen-bond donors (Lipinski definition) is 0. The quantitative estimate of drug-likeness (QED) is 0.361. The average molecular weight is 453 g/mol. The second-order valence-corrected chi connectivity index (χ2v) is 8.58. The van der Waals surface area contributed by atoms with E-state index in [2.05, 4.69) is 27.1 Å². The van der Waals surface area contributed by atoms with Crippen LogP contribution in [0.4, 0.5) is 0 Å². The molecule has 158 valence electrons. The van der Waals surface area contributed by atoms with Crippen molar-refractivity contribution in [2.24, 2.45) is 0 Å². The van der Waals surface area contributed by atoms with E-state index in [1.165, 1.54) is 0 Å². The predicted molar refractivity (Wildman–Crippen MR) is 121 cm³/mol. The molecule has 0 amide bonds. The van der Waals surface area contributed by atoms with Crippen LogP contribution in [0.5, 0.6) is 17.2 Å². The molecule has 7 nitrogen and oxygen atoms in total. The summed E-state index contributed by atoms with van der Waals surface area (Å²) in [6.07, 6.45) is 0. The lowest BCUT2D eigenvalue weighted by atomic mass is 10.2. The zero-order valence-electron chi connectivity index (χ0n) is 17.1. The van der Waals surface area contributed by atoms with E-state index in [4.69, 9.17) is 19.2 Å². The first-order valence-corrected chi connectivity index (χ1v) is 11.7. The number of nitrogens with zero attached hydrogens (tertiary/aromatic N) is 4. The van der Waals surface area contributed by atoms with E-state index in [1.54, 1.807) is 30.2 Å².